The molecule has 8 heteroatoms. The predicted octanol–water partition coefficient (Wildman–Crippen LogP) is 2.33. The van der Waals surface area contributed by atoms with Gasteiger partial charge in [0.2, 0.25) is 5.91 Å². The number of halogens is 1. The smallest absolute Gasteiger partial charge is 0.230 e. The van der Waals surface area contributed by atoms with Crippen LogP contribution in [0.2, 0.25) is 4.34 Å². The number of thiophene rings is 1. The average Bonchev–Trinajstić information content (AvgIpc) is 2.83. The molecule has 0 radical (unpaired) electrons. The van der Waals surface area contributed by atoms with Crippen molar-refractivity contribution in [3.63, 3.8) is 0 Å². The van der Waals surface area contributed by atoms with E-state index in [0.29, 0.717) is 12.2 Å². The van der Waals surface area contributed by atoms with Gasteiger partial charge in [0.25, 0.3) is 0 Å². The van der Waals surface area contributed by atoms with Gasteiger partial charge in [0.1, 0.15) is 0 Å². The van der Waals surface area contributed by atoms with E-state index in [1.165, 1.54) is 23.1 Å². The van der Waals surface area contributed by atoms with E-state index < -0.39 is 15.4 Å². The number of sulfone groups is 1. The van der Waals surface area contributed by atoms with Gasteiger partial charge in [0, 0.05) is 10.6 Å². The zero-order chi connectivity index (χ0) is 14.8. The van der Waals surface area contributed by atoms with Crippen LogP contribution in [0.3, 0.4) is 0 Å². The first-order valence-electron chi connectivity index (χ1n) is 6.11. The maximum Gasteiger partial charge on any atom is 0.230 e. The van der Waals surface area contributed by atoms with E-state index in [9.17, 15) is 13.2 Å². The molecule has 0 aliphatic carbocycles. The molecular formula is C12H16ClNO3S3. The molecule has 20 heavy (non-hydrogen) atoms. The van der Waals surface area contributed by atoms with Crippen LogP contribution in [0.25, 0.3) is 0 Å². The Labute approximate surface area is 132 Å². The van der Waals surface area contributed by atoms with Crippen LogP contribution in [0.4, 0.5) is 0 Å². The van der Waals surface area contributed by atoms with Gasteiger partial charge in [-0.25, -0.2) is 8.42 Å². The van der Waals surface area contributed by atoms with Crippen LogP contribution in [0.1, 0.15) is 18.2 Å². The van der Waals surface area contributed by atoms with Gasteiger partial charge < -0.3 is 5.32 Å². The van der Waals surface area contributed by atoms with Gasteiger partial charge in [0.05, 0.1) is 27.1 Å². The van der Waals surface area contributed by atoms with Crippen LogP contribution in [0.15, 0.2) is 12.1 Å². The largest absolute Gasteiger partial charge is 0.349 e. The van der Waals surface area contributed by atoms with Crippen LogP contribution in [-0.4, -0.2) is 37.1 Å². The van der Waals surface area contributed by atoms with Crippen LogP contribution < -0.4 is 5.32 Å². The van der Waals surface area contributed by atoms with Gasteiger partial charge in [-0.3, -0.25) is 4.79 Å². The van der Waals surface area contributed by atoms with Gasteiger partial charge in [0.15, 0.2) is 9.84 Å². The first-order valence-corrected chi connectivity index (χ1v) is 10.3. The third-order valence-electron chi connectivity index (χ3n) is 3.05. The molecule has 1 aromatic heterocycles. The Morgan fingerprint density at radius 3 is 2.85 bits per heavy atom. The summed E-state index contributed by atoms with van der Waals surface area (Å²) in [6.45, 7) is 1.79. The Morgan fingerprint density at radius 1 is 1.55 bits per heavy atom. The number of hydrogen-bond acceptors (Lipinski definition) is 5. The van der Waals surface area contributed by atoms with Crippen molar-refractivity contribution >= 4 is 50.4 Å². The molecule has 0 saturated carbocycles. The number of hydrogen-bond donors (Lipinski definition) is 1. The second kappa shape index (κ2) is 6.25. The zero-order valence-electron chi connectivity index (χ0n) is 11.0. The molecule has 1 aliphatic heterocycles. The highest BCUT2D eigenvalue weighted by atomic mass is 35.5. The summed E-state index contributed by atoms with van der Waals surface area (Å²) < 4.78 is 23.7. The molecule has 112 valence electrons. The van der Waals surface area contributed by atoms with Crippen LogP contribution in [0.5, 0.6) is 0 Å². The normalized spacial score (nSPS) is 24.7. The summed E-state index contributed by atoms with van der Waals surface area (Å²) in [5.74, 6) is 1.14. The van der Waals surface area contributed by atoms with Crippen molar-refractivity contribution in [2.24, 2.45) is 0 Å². The highest BCUT2D eigenvalue weighted by Gasteiger charge is 2.39. The summed E-state index contributed by atoms with van der Waals surface area (Å²) >= 11 is 8.84. The third-order valence-corrected chi connectivity index (χ3v) is 7.35. The number of rotatable bonds is 5. The lowest BCUT2D eigenvalue weighted by Gasteiger charge is -2.23. The fraction of sp³-hybridized carbons (Fsp3) is 0.583. The fourth-order valence-corrected chi connectivity index (χ4v) is 6.27. The molecule has 1 aromatic rings. The Balaban J connectivity index is 1.76. The Kier molecular flexibility index (Phi) is 5.05. The van der Waals surface area contributed by atoms with Gasteiger partial charge in [-0.15, -0.1) is 23.1 Å². The van der Waals surface area contributed by atoms with Crippen LogP contribution >= 0.6 is 34.7 Å². The monoisotopic (exact) mass is 353 g/mol. The van der Waals surface area contributed by atoms with Crippen molar-refractivity contribution < 1.29 is 13.2 Å². The molecule has 0 bridgehead atoms. The summed E-state index contributed by atoms with van der Waals surface area (Å²) in [6, 6.07) is 3.79. The van der Waals surface area contributed by atoms with E-state index in [1.54, 1.807) is 6.92 Å². The molecule has 2 rings (SSSR count). The number of carbonyl (C=O) groups excluding carboxylic acids is 1. The SMILES string of the molecule is CC1(NC(=O)CSCc2ccc(Cl)s2)CCS(=O)(=O)C1. The van der Waals surface area contributed by atoms with Crippen molar-refractivity contribution in [1.29, 1.82) is 0 Å². The Hall–Kier alpha value is -0.240. The van der Waals surface area contributed by atoms with E-state index in [0.717, 1.165) is 15.0 Å². The van der Waals surface area contributed by atoms with Gasteiger partial charge >= 0.3 is 0 Å². The second-order valence-electron chi connectivity index (χ2n) is 5.15. The molecule has 2 heterocycles. The van der Waals surface area contributed by atoms with E-state index in [1.807, 2.05) is 12.1 Å². The highest BCUT2D eigenvalue weighted by molar-refractivity contribution is 7.99. The van der Waals surface area contributed by atoms with Crippen molar-refractivity contribution in [1.82, 2.24) is 5.32 Å². The lowest BCUT2D eigenvalue weighted by atomic mass is 10.0. The molecule has 1 N–H and O–H groups in total. The van der Waals surface area contributed by atoms with Crippen molar-refractivity contribution in [3.05, 3.63) is 21.3 Å². The molecule has 1 unspecified atom stereocenters. The van der Waals surface area contributed by atoms with Crippen LogP contribution in [-0.2, 0) is 20.4 Å². The molecule has 1 saturated heterocycles. The van der Waals surface area contributed by atoms with E-state index in [2.05, 4.69) is 5.32 Å². The number of carbonyl (C=O) groups is 1. The molecule has 4 nitrogen and oxygen atoms in total. The summed E-state index contributed by atoms with van der Waals surface area (Å²) in [6.07, 6.45) is 0.492. The van der Waals surface area contributed by atoms with Crippen LogP contribution in [0, 0.1) is 0 Å². The van der Waals surface area contributed by atoms with Gasteiger partial charge in [-0.1, -0.05) is 11.6 Å². The average molecular weight is 354 g/mol. The summed E-state index contributed by atoms with van der Waals surface area (Å²) in [4.78, 5) is 13.0. The third kappa shape index (κ3) is 4.65. The standard InChI is InChI=1S/C12H16ClNO3S3/c1-12(4-5-20(16,17)8-12)14-11(15)7-18-6-9-2-3-10(13)19-9/h2-3H,4-8H2,1H3,(H,14,15). The number of nitrogens with one attached hydrogen (secondary N) is 1. The Morgan fingerprint density at radius 2 is 2.30 bits per heavy atom. The molecule has 1 atom stereocenters. The molecule has 1 fully saturated rings. The molecule has 0 spiro atoms. The number of amides is 1. The summed E-state index contributed by atoms with van der Waals surface area (Å²) in [5, 5.41) is 2.84. The topological polar surface area (TPSA) is 63.2 Å². The fourth-order valence-electron chi connectivity index (χ4n) is 2.16. The second-order valence-corrected chi connectivity index (χ2v) is 10.1. The van der Waals surface area contributed by atoms with Gasteiger partial charge in [-0.05, 0) is 25.5 Å². The lowest BCUT2D eigenvalue weighted by molar-refractivity contribution is -0.120. The molecule has 1 amide bonds. The Bertz CT molecular complexity index is 599. The minimum atomic E-state index is -2.99. The van der Waals surface area contributed by atoms with E-state index >= 15 is 0 Å². The zero-order valence-corrected chi connectivity index (χ0v) is 14.2. The quantitative estimate of drug-likeness (QED) is 0.882. The number of thioether (sulfide) groups is 1. The van der Waals surface area contributed by atoms with E-state index in [-0.39, 0.29) is 17.4 Å². The highest BCUT2D eigenvalue weighted by Crippen LogP contribution is 2.26. The molecule has 0 aromatic carbocycles. The minimum Gasteiger partial charge on any atom is -0.349 e. The first-order chi connectivity index (χ1) is 9.28. The molecular weight excluding hydrogens is 338 g/mol. The maximum absolute atomic E-state index is 11.9. The maximum atomic E-state index is 11.9. The first kappa shape index (κ1) is 16.1. The van der Waals surface area contributed by atoms with E-state index in [4.69, 9.17) is 11.6 Å². The summed E-state index contributed by atoms with van der Waals surface area (Å²) in [5.41, 5.74) is -0.608. The van der Waals surface area contributed by atoms with Crippen molar-refractivity contribution in [2.75, 3.05) is 17.3 Å². The lowest BCUT2D eigenvalue weighted by Crippen LogP contribution is -2.47. The van der Waals surface area contributed by atoms with Gasteiger partial charge in [-0.2, -0.15) is 0 Å². The van der Waals surface area contributed by atoms with Crippen molar-refractivity contribution in [2.45, 2.75) is 24.6 Å². The predicted molar refractivity (Wildman–Crippen MR) is 85.3 cm³/mol. The molecule has 1 aliphatic rings. The summed E-state index contributed by atoms with van der Waals surface area (Å²) in [7, 11) is -2.99. The van der Waals surface area contributed by atoms with Crippen molar-refractivity contribution in [3.8, 4) is 0 Å². The minimum absolute atomic E-state index is 0.0386.